The molecule has 176 valence electrons. The lowest BCUT2D eigenvalue weighted by Gasteiger charge is -2.23. The second-order valence-corrected chi connectivity index (χ2v) is 8.91. The number of halogens is 3. The number of hydrogen-bond donors (Lipinski definition) is 3. The molecule has 0 radical (unpaired) electrons. The number of thiophene rings is 1. The van der Waals surface area contributed by atoms with Gasteiger partial charge < -0.3 is 10.6 Å². The van der Waals surface area contributed by atoms with E-state index in [9.17, 15) is 13.2 Å². The van der Waals surface area contributed by atoms with Crippen molar-refractivity contribution < 1.29 is 18.2 Å². The van der Waals surface area contributed by atoms with Gasteiger partial charge in [-0.05, 0) is 47.1 Å². The Bertz CT molecular complexity index is 1190. The molecule has 1 aromatic heterocycles. The number of allylic oxidation sites excluding steroid dienone is 3. The van der Waals surface area contributed by atoms with Gasteiger partial charge in [-0.3, -0.25) is 4.99 Å². The van der Waals surface area contributed by atoms with Gasteiger partial charge in [0.05, 0.1) is 21.7 Å². The molecule has 0 fully saturated rings. The molecule has 2 aliphatic rings. The normalized spacial score (nSPS) is 19.8. The Kier molecular flexibility index (Phi) is 7.17. The fourth-order valence-corrected chi connectivity index (χ4v) is 4.57. The molecule has 3 N–H and O–H groups in total. The largest absolute Gasteiger partial charge is 0.417 e. The molecule has 2 unspecified atom stereocenters. The summed E-state index contributed by atoms with van der Waals surface area (Å²) >= 11 is 1.62. The second-order valence-electron chi connectivity index (χ2n) is 7.97. The van der Waals surface area contributed by atoms with Gasteiger partial charge >= 0.3 is 12.0 Å². The van der Waals surface area contributed by atoms with E-state index in [4.69, 9.17) is 0 Å². The fourth-order valence-electron chi connectivity index (χ4n) is 3.85. The molecule has 4 rings (SSSR count). The van der Waals surface area contributed by atoms with E-state index in [2.05, 4.69) is 34.1 Å². The molecule has 2 heterocycles. The second kappa shape index (κ2) is 10.3. The minimum atomic E-state index is -4.49. The van der Waals surface area contributed by atoms with E-state index in [1.165, 1.54) is 12.1 Å². The molecule has 34 heavy (non-hydrogen) atoms. The van der Waals surface area contributed by atoms with Crippen molar-refractivity contribution in [3.63, 3.8) is 0 Å². The topological polar surface area (TPSA) is 50.4 Å². The number of nitrogens with zero attached hydrogens (tertiary/aromatic N) is 1. The Balaban J connectivity index is 1.67. The summed E-state index contributed by atoms with van der Waals surface area (Å²) in [7, 11) is 0. The van der Waals surface area contributed by atoms with Gasteiger partial charge in [-0.15, -0.1) is 11.3 Å². The highest BCUT2D eigenvalue weighted by molar-refractivity contribution is 7.11. The standard InChI is InChI=1S/C26H25F3N4S/c1-3-14-30-22(23-13-8-15-34-23)16-17(2)31-25-19-10-5-7-12-21(19)32-24(33-25)18-9-4-6-11-20(18)26(27,28)29/h4-13,15-16,19,21,30H,2-3,14H2,1H3,(H,31,32,33)/p+1/b22-16-. The maximum atomic E-state index is 13.7. The maximum absolute atomic E-state index is 13.7. The summed E-state index contributed by atoms with van der Waals surface area (Å²) in [5.74, 6) is 0.556. The number of alkyl halides is 3. The molecule has 0 saturated carbocycles. The predicted molar refractivity (Wildman–Crippen MR) is 132 cm³/mol. The van der Waals surface area contributed by atoms with Gasteiger partial charge in [0.25, 0.3) is 0 Å². The molecule has 1 aromatic carbocycles. The van der Waals surface area contributed by atoms with E-state index in [-0.39, 0.29) is 23.4 Å². The molecular formula is C26H26F3N4S+. The van der Waals surface area contributed by atoms with E-state index < -0.39 is 11.7 Å². The van der Waals surface area contributed by atoms with Crippen LogP contribution in [0.2, 0.25) is 0 Å². The number of aliphatic imine (C=N–C) groups is 1. The van der Waals surface area contributed by atoms with Crippen molar-refractivity contribution in [2.75, 3.05) is 6.54 Å². The Morgan fingerprint density at radius 3 is 2.71 bits per heavy atom. The molecule has 0 spiro atoms. The van der Waals surface area contributed by atoms with E-state index >= 15 is 0 Å². The molecular weight excluding hydrogens is 457 g/mol. The highest BCUT2D eigenvalue weighted by atomic mass is 32.1. The third-order valence-corrected chi connectivity index (χ3v) is 6.34. The minimum Gasteiger partial charge on any atom is -0.384 e. The molecule has 0 saturated heterocycles. The molecule has 4 nitrogen and oxygen atoms in total. The van der Waals surface area contributed by atoms with Crippen LogP contribution in [-0.2, 0) is 6.18 Å². The van der Waals surface area contributed by atoms with Crippen molar-refractivity contribution in [2.45, 2.75) is 25.6 Å². The third-order valence-electron chi connectivity index (χ3n) is 5.43. The van der Waals surface area contributed by atoms with Crippen molar-refractivity contribution in [3.05, 3.63) is 100 Å². The predicted octanol–water partition coefficient (Wildman–Crippen LogP) is 4.26. The van der Waals surface area contributed by atoms with Crippen molar-refractivity contribution >= 4 is 28.7 Å². The van der Waals surface area contributed by atoms with Crippen LogP contribution in [0.25, 0.3) is 5.70 Å². The summed E-state index contributed by atoms with van der Waals surface area (Å²) in [6.45, 7) is 7.05. The van der Waals surface area contributed by atoms with Gasteiger partial charge in [0.15, 0.2) is 0 Å². The number of hydrogen-bond acceptors (Lipinski definition) is 4. The molecule has 8 heteroatoms. The highest BCUT2D eigenvalue weighted by Gasteiger charge is 2.40. The highest BCUT2D eigenvalue weighted by Crippen LogP contribution is 2.32. The van der Waals surface area contributed by atoms with Gasteiger partial charge in [0.1, 0.15) is 12.0 Å². The summed E-state index contributed by atoms with van der Waals surface area (Å²) in [6, 6.07) is 9.26. The molecule has 0 amide bonds. The SMILES string of the molecule is C=C(/C=C(\NCCC)c1cccs1)NC1=NC(c2ccccc2C(F)(F)F)=[NH+]C2C=CC=CC12. The first-order valence-corrected chi connectivity index (χ1v) is 11.9. The van der Waals surface area contributed by atoms with Crippen LogP contribution in [0.3, 0.4) is 0 Å². The Morgan fingerprint density at radius 1 is 1.18 bits per heavy atom. The van der Waals surface area contributed by atoms with Crippen LogP contribution >= 0.6 is 11.3 Å². The lowest BCUT2D eigenvalue weighted by atomic mass is 9.92. The Hall–Kier alpha value is -3.39. The van der Waals surface area contributed by atoms with E-state index in [1.807, 2.05) is 47.9 Å². The minimum absolute atomic E-state index is 0.0146. The monoisotopic (exact) mass is 483 g/mol. The average Bonchev–Trinajstić information content (AvgIpc) is 3.36. The van der Waals surface area contributed by atoms with Crippen LogP contribution < -0.4 is 15.6 Å². The summed E-state index contributed by atoms with van der Waals surface area (Å²) in [5.41, 5.74) is 0.821. The zero-order valence-electron chi connectivity index (χ0n) is 18.7. The zero-order chi connectivity index (χ0) is 24.1. The smallest absolute Gasteiger partial charge is 0.384 e. The lowest BCUT2D eigenvalue weighted by Crippen LogP contribution is -2.84. The average molecular weight is 484 g/mol. The van der Waals surface area contributed by atoms with Gasteiger partial charge in [0, 0.05) is 12.2 Å². The summed E-state index contributed by atoms with van der Waals surface area (Å²) in [6.07, 6.45) is 6.08. The van der Waals surface area contributed by atoms with Crippen molar-refractivity contribution in [3.8, 4) is 0 Å². The van der Waals surface area contributed by atoms with E-state index in [0.29, 0.717) is 11.5 Å². The number of amidine groups is 2. The van der Waals surface area contributed by atoms with Crippen LogP contribution in [0.1, 0.15) is 29.3 Å². The first kappa shape index (κ1) is 23.8. The van der Waals surface area contributed by atoms with Crippen LogP contribution in [0.15, 0.2) is 89.4 Å². The van der Waals surface area contributed by atoms with Gasteiger partial charge in [0.2, 0.25) is 5.84 Å². The number of rotatable bonds is 7. The van der Waals surface area contributed by atoms with E-state index in [0.717, 1.165) is 29.6 Å². The molecule has 0 bridgehead atoms. The molecule has 1 aliphatic heterocycles. The summed E-state index contributed by atoms with van der Waals surface area (Å²) < 4.78 is 41.0. The summed E-state index contributed by atoms with van der Waals surface area (Å²) in [5, 5.41) is 8.69. The van der Waals surface area contributed by atoms with Crippen molar-refractivity contribution in [2.24, 2.45) is 10.9 Å². The first-order chi connectivity index (χ1) is 16.4. The van der Waals surface area contributed by atoms with Crippen LogP contribution in [-0.4, -0.2) is 24.3 Å². The molecule has 1 aliphatic carbocycles. The van der Waals surface area contributed by atoms with Gasteiger partial charge in [-0.25, -0.2) is 0 Å². The third kappa shape index (κ3) is 5.39. The number of nitrogens with one attached hydrogen (secondary N) is 3. The van der Waals surface area contributed by atoms with E-state index in [1.54, 1.807) is 17.4 Å². The fraction of sp³-hybridized carbons (Fsp3) is 0.231. The first-order valence-electron chi connectivity index (χ1n) is 11.1. The molecule has 2 atom stereocenters. The quantitative estimate of drug-likeness (QED) is 0.516. The number of fused-ring (bicyclic) bond motifs is 1. The van der Waals surface area contributed by atoms with Crippen molar-refractivity contribution in [1.29, 1.82) is 0 Å². The van der Waals surface area contributed by atoms with Crippen LogP contribution in [0.5, 0.6) is 0 Å². The maximum Gasteiger partial charge on any atom is 0.417 e. The van der Waals surface area contributed by atoms with Gasteiger partial charge in [-0.2, -0.15) is 13.2 Å². The molecule has 2 aromatic rings. The number of benzene rings is 1. The van der Waals surface area contributed by atoms with Crippen LogP contribution in [0.4, 0.5) is 13.2 Å². The van der Waals surface area contributed by atoms with Gasteiger partial charge in [-0.1, -0.05) is 49.9 Å². The lowest BCUT2D eigenvalue weighted by molar-refractivity contribution is -0.495. The Labute approximate surface area is 201 Å². The van der Waals surface area contributed by atoms with Crippen molar-refractivity contribution in [1.82, 2.24) is 10.6 Å². The Morgan fingerprint density at radius 2 is 1.97 bits per heavy atom. The summed E-state index contributed by atoms with van der Waals surface area (Å²) in [4.78, 5) is 8.85. The zero-order valence-corrected chi connectivity index (χ0v) is 19.5. The van der Waals surface area contributed by atoms with Crippen LogP contribution in [0, 0.1) is 5.92 Å².